The maximum absolute atomic E-state index is 11.0. The van der Waals surface area contributed by atoms with Crippen molar-refractivity contribution in [2.45, 2.75) is 18.9 Å². The number of methoxy groups -OCH3 is 2. The van der Waals surface area contributed by atoms with Gasteiger partial charge in [-0.25, -0.2) is 0 Å². The molecule has 76 valence electrons. The second kappa shape index (κ2) is 6.42. The number of carbonyl (C=O) groups is 2. The molecule has 0 aliphatic rings. The smallest absolute Gasteiger partial charge is 0.322 e. The van der Waals surface area contributed by atoms with Crippen LogP contribution in [0.4, 0.5) is 0 Å². The highest BCUT2D eigenvalue weighted by atomic mass is 16.5. The first-order chi connectivity index (χ1) is 6.15. The highest BCUT2D eigenvalue weighted by Gasteiger charge is 2.17. The monoisotopic (exact) mass is 189 g/mol. The molecule has 0 fully saturated rings. The average Bonchev–Trinajstić information content (AvgIpc) is 2.17. The summed E-state index contributed by atoms with van der Waals surface area (Å²) >= 11 is 0. The lowest BCUT2D eigenvalue weighted by Gasteiger charge is -2.11. The van der Waals surface area contributed by atoms with Gasteiger partial charge in [0, 0.05) is 6.42 Å². The minimum absolute atomic E-state index is 0.205. The van der Waals surface area contributed by atoms with Gasteiger partial charge >= 0.3 is 11.9 Å². The molecular formula is C8H15NO4. The molecule has 0 aliphatic heterocycles. The maximum atomic E-state index is 11.0. The Morgan fingerprint density at radius 3 is 2.31 bits per heavy atom. The van der Waals surface area contributed by atoms with E-state index in [0.29, 0.717) is 6.42 Å². The second-order valence-corrected chi connectivity index (χ2v) is 2.48. The molecule has 0 saturated heterocycles. The minimum atomic E-state index is -0.441. The Morgan fingerprint density at radius 2 is 1.92 bits per heavy atom. The lowest BCUT2D eigenvalue weighted by atomic mass is 10.1. The molecule has 0 amide bonds. The van der Waals surface area contributed by atoms with Crippen molar-refractivity contribution >= 4 is 11.9 Å². The topological polar surface area (TPSA) is 64.6 Å². The number of carbonyl (C=O) groups excluding carboxylic acids is 2. The molecule has 5 nitrogen and oxygen atoms in total. The Kier molecular flexibility index (Phi) is 5.88. The third-order valence-corrected chi connectivity index (χ3v) is 1.70. The zero-order valence-electron chi connectivity index (χ0n) is 8.12. The molecule has 0 aromatic carbocycles. The van der Waals surface area contributed by atoms with Crippen molar-refractivity contribution < 1.29 is 19.1 Å². The minimum Gasteiger partial charge on any atom is -0.469 e. The molecule has 0 aromatic rings. The molecule has 0 spiro atoms. The average molecular weight is 189 g/mol. The van der Waals surface area contributed by atoms with Crippen LogP contribution in [0.2, 0.25) is 0 Å². The van der Waals surface area contributed by atoms with Gasteiger partial charge in [0.1, 0.15) is 6.04 Å². The predicted molar refractivity (Wildman–Crippen MR) is 46.1 cm³/mol. The standard InChI is InChI=1S/C8H15NO4/c1-9-6(8(11)13-3)4-5-7(10)12-2/h6,9H,4-5H2,1-3H3/t6-/m0/s1. The van der Waals surface area contributed by atoms with Crippen molar-refractivity contribution in [1.29, 1.82) is 0 Å². The summed E-state index contributed by atoms with van der Waals surface area (Å²) in [6.07, 6.45) is 0.590. The summed E-state index contributed by atoms with van der Waals surface area (Å²) in [6.45, 7) is 0. The lowest BCUT2D eigenvalue weighted by molar-refractivity contribution is -0.144. The van der Waals surface area contributed by atoms with Gasteiger partial charge in [0.05, 0.1) is 14.2 Å². The molecule has 0 aliphatic carbocycles. The molecule has 0 radical (unpaired) electrons. The van der Waals surface area contributed by atoms with Crippen LogP contribution >= 0.6 is 0 Å². The van der Waals surface area contributed by atoms with E-state index in [0.717, 1.165) is 0 Å². The fourth-order valence-corrected chi connectivity index (χ4v) is 0.887. The number of esters is 2. The van der Waals surface area contributed by atoms with Gasteiger partial charge in [0.25, 0.3) is 0 Å². The molecule has 1 N–H and O–H groups in total. The van der Waals surface area contributed by atoms with Crippen molar-refractivity contribution in [3.63, 3.8) is 0 Å². The van der Waals surface area contributed by atoms with Crippen LogP contribution in [-0.2, 0) is 19.1 Å². The van der Waals surface area contributed by atoms with Crippen molar-refractivity contribution in [2.24, 2.45) is 0 Å². The quantitative estimate of drug-likeness (QED) is 0.601. The van der Waals surface area contributed by atoms with E-state index in [4.69, 9.17) is 0 Å². The zero-order valence-corrected chi connectivity index (χ0v) is 8.12. The molecule has 0 aromatic heterocycles. The van der Waals surface area contributed by atoms with Gasteiger partial charge < -0.3 is 14.8 Å². The lowest BCUT2D eigenvalue weighted by Crippen LogP contribution is -2.35. The largest absolute Gasteiger partial charge is 0.469 e. The van der Waals surface area contributed by atoms with Crippen molar-refractivity contribution in [1.82, 2.24) is 5.32 Å². The highest BCUT2D eigenvalue weighted by Crippen LogP contribution is 2.00. The summed E-state index contributed by atoms with van der Waals surface area (Å²) in [7, 11) is 4.26. The number of likely N-dealkylation sites (N-methyl/N-ethyl adjacent to an activating group) is 1. The summed E-state index contributed by atoms with van der Waals surface area (Å²) in [6, 6.07) is -0.441. The highest BCUT2D eigenvalue weighted by molar-refractivity contribution is 5.77. The number of rotatable bonds is 5. The molecule has 1 atom stereocenters. The van der Waals surface area contributed by atoms with Gasteiger partial charge in [-0.2, -0.15) is 0 Å². The Morgan fingerprint density at radius 1 is 1.31 bits per heavy atom. The van der Waals surface area contributed by atoms with E-state index in [9.17, 15) is 9.59 Å². The van der Waals surface area contributed by atoms with Gasteiger partial charge in [-0.1, -0.05) is 0 Å². The predicted octanol–water partition coefficient (Wildman–Crippen LogP) is -0.299. The maximum Gasteiger partial charge on any atom is 0.322 e. The summed E-state index contributed by atoms with van der Waals surface area (Å²) in [5.41, 5.74) is 0. The van der Waals surface area contributed by atoms with Crippen LogP contribution in [0.5, 0.6) is 0 Å². The molecular weight excluding hydrogens is 174 g/mol. The van der Waals surface area contributed by atoms with Gasteiger partial charge in [0.15, 0.2) is 0 Å². The molecule has 0 saturated carbocycles. The Balaban J connectivity index is 3.85. The summed E-state index contributed by atoms with van der Waals surface area (Å²) in [4.78, 5) is 21.7. The van der Waals surface area contributed by atoms with Crippen molar-refractivity contribution in [3.05, 3.63) is 0 Å². The summed E-state index contributed by atoms with van der Waals surface area (Å²) in [5, 5.41) is 2.75. The number of hydrogen-bond donors (Lipinski definition) is 1. The van der Waals surface area contributed by atoms with Crippen LogP contribution in [0.3, 0.4) is 0 Å². The van der Waals surface area contributed by atoms with Crippen molar-refractivity contribution in [2.75, 3.05) is 21.3 Å². The van der Waals surface area contributed by atoms with E-state index >= 15 is 0 Å². The van der Waals surface area contributed by atoms with Gasteiger partial charge in [-0.15, -0.1) is 0 Å². The second-order valence-electron chi connectivity index (χ2n) is 2.48. The third-order valence-electron chi connectivity index (χ3n) is 1.70. The van der Waals surface area contributed by atoms with E-state index in [2.05, 4.69) is 14.8 Å². The fraction of sp³-hybridized carbons (Fsp3) is 0.750. The first kappa shape index (κ1) is 11.9. The van der Waals surface area contributed by atoms with Gasteiger partial charge in [0.2, 0.25) is 0 Å². The van der Waals surface area contributed by atoms with E-state index in [1.54, 1.807) is 7.05 Å². The first-order valence-electron chi connectivity index (χ1n) is 3.97. The summed E-state index contributed by atoms with van der Waals surface area (Å²) < 4.78 is 8.96. The third kappa shape index (κ3) is 4.47. The van der Waals surface area contributed by atoms with E-state index in [1.165, 1.54) is 14.2 Å². The molecule has 5 heteroatoms. The summed E-state index contributed by atoms with van der Waals surface area (Å²) in [5.74, 6) is -0.699. The molecule has 0 rings (SSSR count). The van der Waals surface area contributed by atoms with Crippen LogP contribution in [0.1, 0.15) is 12.8 Å². The van der Waals surface area contributed by atoms with Crippen LogP contribution in [0.25, 0.3) is 0 Å². The molecule has 13 heavy (non-hydrogen) atoms. The van der Waals surface area contributed by atoms with Crippen LogP contribution in [0.15, 0.2) is 0 Å². The molecule has 0 bridgehead atoms. The van der Waals surface area contributed by atoms with E-state index in [-0.39, 0.29) is 18.4 Å². The van der Waals surface area contributed by atoms with Gasteiger partial charge in [-0.3, -0.25) is 9.59 Å². The Hall–Kier alpha value is -1.10. The fourth-order valence-electron chi connectivity index (χ4n) is 0.887. The molecule has 0 heterocycles. The van der Waals surface area contributed by atoms with Crippen LogP contribution < -0.4 is 5.32 Å². The SMILES string of the molecule is CN[C@@H](CCC(=O)OC)C(=O)OC. The molecule has 0 unspecified atom stereocenters. The Bertz CT molecular complexity index is 181. The number of ether oxygens (including phenoxy) is 2. The van der Waals surface area contributed by atoms with Crippen LogP contribution in [0, 0.1) is 0 Å². The first-order valence-corrected chi connectivity index (χ1v) is 3.97. The Labute approximate surface area is 77.4 Å². The van der Waals surface area contributed by atoms with E-state index < -0.39 is 6.04 Å². The van der Waals surface area contributed by atoms with Crippen molar-refractivity contribution in [3.8, 4) is 0 Å². The van der Waals surface area contributed by atoms with Gasteiger partial charge in [-0.05, 0) is 13.5 Å². The zero-order chi connectivity index (χ0) is 10.3. The van der Waals surface area contributed by atoms with E-state index in [1.807, 2.05) is 0 Å². The van der Waals surface area contributed by atoms with Crippen LogP contribution in [-0.4, -0.2) is 39.2 Å². The normalized spacial score (nSPS) is 11.9. The number of nitrogens with one attached hydrogen (secondary N) is 1. The number of hydrogen-bond acceptors (Lipinski definition) is 5.